The van der Waals surface area contributed by atoms with E-state index in [1.165, 1.54) is 19.4 Å². The first-order chi connectivity index (χ1) is 20.5. The van der Waals surface area contributed by atoms with Crippen LogP contribution in [0.25, 0.3) is 11.1 Å². The van der Waals surface area contributed by atoms with Gasteiger partial charge in [0.1, 0.15) is 24.9 Å². The van der Waals surface area contributed by atoms with Crippen LogP contribution in [0.15, 0.2) is 35.3 Å². The first kappa shape index (κ1) is 36.9. The van der Waals surface area contributed by atoms with Crippen molar-refractivity contribution in [3.8, 4) is 11.1 Å². The Morgan fingerprint density at radius 2 is 1.73 bits per heavy atom. The lowest BCUT2D eigenvalue weighted by molar-refractivity contribution is -0.159. The summed E-state index contributed by atoms with van der Waals surface area (Å²) in [5.74, 6) is -1.90. The Morgan fingerprint density at radius 3 is 2.30 bits per heavy atom. The van der Waals surface area contributed by atoms with E-state index < -0.39 is 53.4 Å². The first-order valence-electron chi connectivity index (χ1n) is 14.4. The van der Waals surface area contributed by atoms with Crippen LogP contribution in [0.1, 0.15) is 76.9 Å². The molecule has 1 N–H and O–H groups in total. The Kier molecular flexibility index (Phi) is 13.5. The van der Waals surface area contributed by atoms with Crippen LogP contribution in [0, 0.1) is 0 Å². The molecule has 0 radical (unpaired) electrons. The zero-order chi connectivity index (χ0) is 33.2. The number of alkyl halides is 1. The van der Waals surface area contributed by atoms with Gasteiger partial charge in [-0.1, -0.05) is 17.7 Å². The van der Waals surface area contributed by atoms with Crippen LogP contribution in [-0.2, 0) is 35.0 Å². The molecule has 12 heteroatoms. The molecule has 44 heavy (non-hydrogen) atoms. The third-order valence-electron chi connectivity index (χ3n) is 6.20. The zero-order valence-corrected chi connectivity index (χ0v) is 27.5. The van der Waals surface area contributed by atoms with E-state index in [1.807, 2.05) is 0 Å². The van der Waals surface area contributed by atoms with Gasteiger partial charge in [0.15, 0.2) is 0 Å². The van der Waals surface area contributed by atoms with Gasteiger partial charge in [-0.25, -0.2) is 14.0 Å². The third kappa shape index (κ3) is 11.3. The molecule has 2 rings (SSSR count). The van der Waals surface area contributed by atoms with Gasteiger partial charge in [-0.2, -0.15) is 0 Å². The van der Waals surface area contributed by atoms with Gasteiger partial charge in [-0.05, 0) is 78.1 Å². The van der Waals surface area contributed by atoms with E-state index in [9.17, 15) is 23.6 Å². The zero-order valence-electron chi connectivity index (χ0n) is 26.8. The van der Waals surface area contributed by atoms with Gasteiger partial charge in [-0.3, -0.25) is 9.59 Å². The van der Waals surface area contributed by atoms with Crippen LogP contribution in [0.3, 0.4) is 0 Å². The summed E-state index contributed by atoms with van der Waals surface area (Å²) in [4.78, 5) is 52.5. The van der Waals surface area contributed by atoms with Crippen molar-refractivity contribution in [2.75, 3.05) is 33.6 Å². The van der Waals surface area contributed by atoms with Gasteiger partial charge in [-0.15, -0.1) is 0 Å². The molecule has 1 aromatic heterocycles. The number of nitrogens with zero attached hydrogens (tertiary/aromatic N) is 1. The number of carbonyl (C=O) groups excluding carboxylic acids is 3. The number of benzene rings is 1. The van der Waals surface area contributed by atoms with Crippen LogP contribution < -0.4 is 10.9 Å². The number of nitrogens with one attached hydrogen (secondary N) is 1. The number of methoxy groups -OCH3 is 1. The third-order valence-corrected chi connectivity index (χ3v) is 6.44. The molecule has 0 fully saturated rings. The fourth-order valence-electron chi connectivity index (χ4n) is 4.29. The van der Waals surface area contributed by atoms with E-state index in [0.717, 1.165) is 4.57 Å². The summed E-state index contributed by atoms with van der Waals surface area (Å²) in [7, 11) is 1.47. The number of hydrogen-bond donors (Lipinski definition) is 1. The Morgan fingerprint density at radius 1 is 1.05 bits per heavy atom. The van der Waals surface area contributed by atoms with Crippen molar-refractivity contribution in [2.45, 2.75) is 84.6 Å². The summed E-state index contributed by atoms with van der Waals surface area (Å²) >= 11 is 6.35. The molecular formula is C32H44ClFN2O8. The second kappa shape index (κ2) is 16.2. The van der Waals surface area contributed by atoms with Crippen LogP contribution in [0.2, 0.25) is 5.02 Å². The summed E-state index contributed by atoms with van der Waals surface area (Å²) in [6.45, 7) is 11.2. The number of amides is 1. The maximum Gasteiger partial charge on any atom is 0.340 e. The largest absolute Gasteiger partial charge is 0.462 e. The van der Waals surface area contributed by atoms with Crippen molar-refractivity contribution in [1.29, 1.82) is 0 Å². The van der Waals surface area contributed by atoms with Crippen molar-refractivity contribution >= 4 is 29.4 Å². The summed E-state index contributed by atoms with van der Waals surface area (Å²) in [5.41, 5.74) is -0.930. The normalized spacial score (nSPS) is 13.2. The molecule has 0 saturated heterocycles. The van der Waals surface area contributed by atoms with Gasteiger partial charge in [0, 0.05) is 43.0 Å². The molecular weight excluding hydrogens is 595 g/mol. The predicted octanol–water partition coefficient (Wildman–Crippen LogP) is 5.08. The second-order valence-electron chi connectivity index (χ2n) is 12.2. The van der Waals surface area contributed by atoms with Crippen molar-refractivity contribution in [1.82, 2.24) is 9.88 Å². The predicted molar refractivity (Wildman–Crippen MR) is 166 cm³/mol. The number of esters is 2. The summed E-state index contributed by atoms with van der Waals surface area (Å²) in [5, 5.41) is 2.93. The molecule has 0 aliphatic rings. The molecule has 1 aromatic carbocycles. The first-order valence-corrected chi connectivity index (χ1v) is 14.8. The van der Waals surface area contributed by atoms with Gasteiger partial charge < -0.3 is 28.8 Å². The van der Waals surface area contributed by atoms with Crippen molar-refractivity contribution in [3.63, 3.8) is 0 Å². The lowest BCUT2D eigenvalue weighted by Crippen LogP contribution is -2.41. The van der Waals surface area contributed by atoms with E-state index in [-0.39, 0.29) is 43.8 Å². The number of aromatic nitrogens is 1. The fourth-order valence-corrected chi connectivity index (χ4v) is 4.47. The molecule has 2 unspecified atom stereocenters. The number of halogens is 2. The van der Waals surface area contributed by atoms with E-state index in [4.69, 9.17) is 30.5 Å². The summed E-state index contributed by atoms with van der Waals surface area (Å²) in [6, 6.07) is 3.97. The monoisotopic (exact) mass is 638 g/mol. The van der Waals surface area contributed by atoms with Gasteiger partial charge in [0.05, 0.1) is 23.8 Å². The molecule has 0 aliphatic heterocycles. The van der Waals surface area contributed by atoms with Crippen LogP contribution >= 0.6 is 11.6 Å². The molecule has 1 heterocycles. The lowest BCUT2D eigenvalue weighted by atomic mass is 9.93. The molecule has 0 bridgehead atoms. The van der Waals surface area contributed by atoms with E-state index in [2.05, 4.69) is 5.32 Å². The number of rotatable bonds is 14. The standard InChI is InChI=1S/C32H44ClFN2O8/c1-9-42-29(39)25-18-36(26(12-13-41-8)30(40)44-32(5,6)7)28(38)16-24(25)23-15-21(33)11-10-20(23)14-22(17-34)35-27(37)19-43-31(2,3)4/h10-11,15-16,18,22,26H,9,12-14,17,19H2,1-8H3,(H,35,37). The number of hydrogen-bond acceptors (Lipinski definition) is 8. The van der Waals surface area contributed by atoms with E-state index in [0.29, 0.717) is 16.1 Å². The highest BCUT2D eigenvalue weighted by atomic mass is 35.5. The maximum atomic E-state index is 14.1. The Balaban J connectivity index is 2.64. The minimum atomic E-state index is -1.09. The quantitative estimate of drug-likeness (QED) is 0.285. The minimum absolute atomic E-state index is 0.0136. The van der Waals surface area contributed by atoms with Crippen molar-refractivity contribution in [3.05, 3.63) is 57.0 Å². The summed E-state index contributed by atoms with van der Waals surface area (Å²) < 4.78 is 36.8. The molecule has 2 atom stereocenters. The maximum absolute atomic E-state index is 14.1. The summed E-state index contributed by atoms with van der Waals surface area (Å²) in [6.07, 6.45) is 1.39. The molecule has 10 nitrogen and oxygen atoms in total. The van der Waals surface area contributed by atoms with E-state index in [1.54, 1.807) is 66.7 Å². The number of pyridine rings is 1. The topological polar surface area (TPSA) is 122 Å². The van der Waals surface area contributed by atoms with Crippen LogP contribution in [0.4, 0.5) is 4.39 Å². The van der Waals surface area contributed by atoms with Crippen molar-refractivity contribution < 1.29 is 37.7 Å². The fraction of sp³-hybridized carbons (Fsp3) is 0.562. The average molecular weight is 639 g/mol. The molecule has 1 amide bonds. The Hall–Kier alpha value is -3.28. The smallest absolute Gasteiger partial charge is 0.340 e. The highest BCUT2D eigenvalue weighted by Crippen LogP contribution is 2.31. The highest BCUT2D eigenvalue weighted by Gasteiger charge is 2.30. The van der Waals surface area contributed by atoms with Crippen LogP contribution in [-0.4, -0.2) is 73.3 Å². The van der Waals surface area contributed by atoms with Crippen LogP contribution in [0.5, 0.6) is 0 Å². The molecule has 244 valence electrons. The molecule has 0 aliphatic carbocycles. The minimum Gasteiger partial charge on any atom is -0.462 e. The van der Waals surface area contributed by atoms with Gasteiger partial charge in [0.25, 0.3) is 5.56 Å². The lowest BCUT2D eigenvalue weighted by Gasteiger charge is -2.26. The number of carbonyl (C=O) groups is 3. The van der Waals surface area contributed by atoms with Crippen molar-refractivity contribution in [2.24, 2.45) is 0 Å². The Labute approximate surface area is 263 Å². The van der Waals surface area contributed by atoms with Gasteiger partial charge >= 0.3 is 11.9 Å². The second-order valence-corrected chi connectivity index (χ2v) is 12.7. The van der Waals surface area contributed by atoms with E-state index >= 15 is 0 Å². The molecule has 0 spiro atoms. The molecule has 0 saturated carbocycles. The number of ether oxygens (including phenoxy) is 4. The Bertz CT molecular complexity index is 1360. The molecule has 2 aromatic rings. The SMILES string of the molecule is CCOC(=O)c1cn(C(CCOC)C(=O)OC(C)(C)C)c(=O)cc1-c1cc(Cl)ccc1CC(CF)NC(=O)COC(C)(C)C. The highest BCUT2D eigenvalue weighted by molar-refractivity contribution is 6.31. The van der Waals surface area contributed by atoms with Gasteiger partial charge in [0.2, 0.25) is 5.91 Å². The average Bonchev–Trinajstić information content (AvgIpc) is 2.91.